The fourth-order valence-corrected chi connectivity index (χ4v) is 4.55. The second-order valence-corrected chi connectivity index (χ2v) is 6.71. The molecule has 104 valence electrons. The van der Waals surface area contributed by atoms with Crippen LogP contribution in [0.1, 0.15) is 29.8 Å². The Morgan fingerprint density at radius 3 is 3.21 bits per heavy atom. The molecule has 2 aliphatic rings. The Bertz CT molecular complexity index is 488. The lowest BCUT2D eigenvalue weighted by Crippen LogP contribution is -2.36. The van der Waals surface area contributed by atoms with E-state index in [2.05, 4.69) is 16.8 Å². The van der Waals surface area contributed by atoms with E-state index in [1.807, 2.05) is 5.51 Å². The minimum Gasteiger partial charge on any atom is -0.469 e. The zero-order valence-electron chi connectivity index (χ0n) is 11.5. The lowest BCUT2D eigenvalue weighted by molar-refractivity contribution is -0.153. The highest BCUT2D eigenvalue weighted by atomic mass is 32.1. The number of hydrogen-bond acceptors (Lipinski definition) is 5. The number of esters is 1. The highest BCUT2D eigenvalue weighted by molar-refractivity contribution is 7.09. The number of aromatic nitrogens is 1. The molecule has 2 atom stereocenters. The maximum atomic E-state index is 12.2. The normalized spacial score (nSPS) is 30.5. The number of thiazole rings is 1. The Labute approximate surface area is 117 Å². The molecule has 0 amide bonds. The molecule has 1 aromatic rings. The van der Waals surface area contributed by atoms with Crippen molar-refractivity contribution in [2.45, 2.75) is 32.7 Å². The summed E-state index contributed by atoms with van der Waals surface area (Å²) in [5.41, 5.74) is 2.79. The van der Waals surface area contributed by atoms with Gasteiger partial charge in [0.2, 0.25) is 0 Å². The summed E-state index contributed by atoms with van der Waals surface area (Å²) in [6.07, 6.45) is 3.31. The van der Waals surface area contributed by atoms with E-state index >= 15 is 0 Å². The second kappa shape index (κ2) is 4.87. The highest BCUT2D eigenvalue weighted by Crippen LogP contribution is 2.49. The van der Waals surface area contributed by atoms with Crippen molar-refractivity contribution < 1.29 is 9.53 Å². The summed E-state index contributed by atoms with van der Waals surface area (Å²) in [7, 11) is 1.52. The van der Waals surface area contributed by atoms with Gasteiger partial charge in [0.1, 0.15) is 0 Å². The van der Waals surface area contributed by atoms with Gasteiger partial charge in [0.05, 0.1) is 23.7 Å². The molecule has 2 unspecified atom stereocenters. The van der Waals surface area contributed by atoms with E-state index in [1.165, 1.54) is 12.0 Å². The molecule has 4 nitrogen and oxygen atoms in total. The molecule has 19 heavy (non-hydrogen) atoms. The van der Waals surface area contributed by atoms with Gasteiger partial charge in [-0.2, -0.15) is 0 Å². The number of nitrogens with zero attached hydrogens (tertiary/aromatic N) is 2. The highest BCUT2D eigenvalue weighted by Gasteiger charge is 2.55. The minimum absolute atomic E-state index is 0.00136. The first-order valence-electron chi connectivity index (χ1n) is 6.85. The van der Waals surface area contributed by atoms with Gasteiger partial charge < -0.3 is 4.74 Å². The molecule has 3 rings (SSSR count). The quantitative estimate of drug-likeness (QED) is 0.796. The summed E-state index contributed by atoms with van der Waals surface area (Å²) in [6, 6.07) is 0. The number of rotatable bonds is 3. The lowest BCUT2D eigenvalue weighted by atomic mass is 9.81. The summed E-state index contributed by atoms with van der Waals surface area (Å²) in [6.45, 7) is 4.85. The van der Waals surface area contributed by atoms with Crippen molar-refractivity contribution in [3.05, 3.63) is 16.1 Å². The lowest BCUT2D eigenvalue weighted by Gasteiger charge is -2.25. The molecular weight excluding hydrogens is 260 g/mol. The van der Waals surface area contributed by atoms with E-state index in [9.17, 15) is 4.79 Å². The number of ether oxygens (including phenoxy) is 1. The second-order valence-electron chi connectivity index (χ2n) is 5.77. The third-order valence-corrected chi connectivity index (χ3v) is 5.67. The Balaban J connectivity index is 1.75. The molecule has 1 aromatic heterocycles. The average molecular weight is 280 g/mol. The number of aryl methyl sites for hydroxylation is 1. The largest absolute Gasteiger partial charge is 0.469 e. The van der Waals surface area contributed by atoms with Gasteiger partial charge >= 0.3 is 5.97 Å². The Hall–Kier alpha value is -0.940. The predicted octanol–water partition coefficient (Wildman–Crippen LogP) is 2.23. The van der Waals surface area contributed by atoms with Gasteiger partial charge in [-0.25, -0.2) is 4.98 Å². The van der Waals surface area contributed by atoms with Crippen molar-refractivity contribution in [2.24, 2.45) is 11.3 Å². The van der Waals surface area contributed by atoms with Gasteiger partial charge in [-0.05, 0) is 25.7 Å². The third kappa shape index (κ3) is 2.09. The molecule has 2 fully saturated rings. The van der Waals surface area contributed by atoms with Crippen LogP contribution in [-0.4, -0.2) is 36.1 Å². The molecular formula is C14H20N2O2S. The summed E-state index contributed by atoms with van der Waals surface area (Å²) in [5, 5.41) is 0. The van der Waals surface area contributed by atoms with Crippen molar-refractivity contribution in [3.8, 4) is 0 Å². The van der Waals surface area contributed by atoms with Crippen LogP contribution < -0.4 is 0 Å². The van der Waals surface area contributed by atoms with Crippen LogP contribution in [0.3, 0.4) is 0 Å². The van der Waals surface area contributed by atoms with E-state index in [1.54, 1.807) is 11.3 Å². The molecule has 1 aliphatic carbocycles. The molecule has 0 bridgehead atoms. The first-order chi connectivity index (χ1) is 9.15. The molecule has 0 radical (unpaired) electrons. The molecule has 0 spiro atoms. The van der Waals surface area contributed by atoms with Crippen LogP contribution in [0.25, 0.3) is 0 Å². The van der Waals surface area contributed by atoms with Crippen LogP contribution in [0.5, 0.6) is 0 Å². The molecule has 2 heterocycles. The number of fused-ring (bicyclic) bond motifs is 1. The van der Waals surface area contributed by atoms with Gasteiger partial charge in [0, 0.05) is 24.5 Å². The zero-order valence-corrected chi connectivity index (χ0v) is 12.3. The molecule has 1 saturated heterocycles. The first kappa shape index (κ1) is 13.1. The van der Waals surface area contributed by atoms with E-state index in [-0.39, 0.29) is 11.4 Å². The van der Waals surface area contributed by atoms with Crippen LogP contribution in [-0.2, 0) is 16.1 Å². The van der Waals surface area contributed by atoms with Gasteiger partial charge in [-0.15, -0.1) is 11.3 Å². The Kier molecular flexibility index (Phi) is 3.35. The summed E-state index contributed by atoms with van der Waals surface area (Å²) >= 11 is 1.71. The number of likely N-dealkylation sites (tertiary alicyclic amines) is 1. The Morgan fingerprint density at radius 1 is 1.68 bits per heavy atom. The molecule has 1 aliphatic heterocycles. The van der Waals surface area contributed by atoms with E-state index in [0.717, 1.165) is 44.6 Å². The van der Waals surface area contributed by atoms with E-state index in [0.29, 0.717) is 5.92 Å². The Morgan fingerprint density at radius 2 is 2.53 bits per heavy atom. The number of carbonyl (C=O) groups excluding carboxylic acids is 1. The standard InChI is InChI=1S/C14H20N2O2S/c1-10-12(19-9-15-10)7-16-6-11-4-3-5-14(11,8-16)13(17)18-2/h9,11H,3-8H2,1-2H3. The van der Waals surface area contributed by atoms with Crippen molar-refractivity contribution >= 4 is 17.3 Å². The predicted molar refractivity (Wildman–Crippen MR) is 73.9 cm³/mol. The average Bonchev–Trinajstić information content (AvgIpc) is 3.04. The molecule has 1 saturated carbocycles. The maximum absolute atomic E-state index is 12.2. The van der Waals surface area contributed by atoms with Crippen LogP contribution in [0, 0.1) is 18.3 Å². The maximum Gasteiger partial charge on any atom is 0.313 e. The fourth-order valence-electron chi connectivity index (χ4n) is 3.73. The van der Waals surface area contributed by atoms with Crippen LogP contribution in [0.15, 0.2) is 5.51 Å². The summed E-state index contributed by atoms with van der Waals surface area (Å²) < 4.78 is 5.07. The summed E-state index contributed by atoms with van der Waals surface area (Å²) in [4.78, 5) is 20.2. The molecule has 0 N–H and O–H groups in total. The van der Waals surface area contributed by atoms with Crippen molar-refractivity contribution in [1.82, 2.24) is 9.88 Å². The van der Waals surface area contributed by atoms with Crippen molar-refractivity contribution in [3.63, 3.8) is 0 Å². The van der Waals surface area contributed by atoms with E-state index < -0.39 is 0 Å². The van der Waals surface area contributed by atoms with E-state index in [4.69, 9.17) is 4.74 Å². The van der Waals surface area contributed by atoms with Gasteiger partial charge in [-0.1, -0.05) is 6.42 Å². The first-order valence-corrected chi connectivity index (χ1v) is 7.73. The number of methoxy groups -OCH3 is 1. The third-order valence-electron chi connectivity index (χ3n) is 4.75. The monoisotopic (exact) mass is 280 g/mol. The fraction of sp³-hybridized carbons (Fsp3) is 0.714. The molecule has 0 aromatic carbocycles. The summed E-state index contributed by atoms with van der Waals surface area (Å²) in [5.74, 6) is 0.478. The number of hydrogen-bond donors (Lipinski definition) is 0. The minimum atomic E-state index is -0.229. The van der Waals surface area contributed by atoms with Gasteiger partial charge in [0.25, 0.3) is 0 Å². The van der Waals surface area contributed by atoms with Crippen LogP contribution in [0.2, 0.25) is 0 Å². The van der Waals surface area contributed by atoms with Crippen LogP contribution >= 0.6 is 11.3 Å². The van der Waals surface area contributed by atoms with Gasteiger partial charge in [-0.3, -0.25) is 9.69 Å². The van der Waals surface area contributed by atoms with Crippen LogP contribution in [0.4, 0.5) is 0 Å². The van der Waals surface area contributed by atoms with Crippen molar-refractivity contribution in [2.75, 3.05) is 20.2 Å². The SMILES string of the molecule is COC(=O)C12CCCC1CN(Cc1scnc1C)C2. The smallest absolute Gasteiger partial charge is 0.313 e. The van der Waals surface area contributed by atoms with Gasteiger partial charge in [0.15, 0.2) is 0 Å². The van der Waals surface area contributed by atoms with Crippen molar-refractivity contribution in [1.29, 1.82) is 0 Å². The topological polar surface area (TPSA) is 42.4 Å². The molecule has 5 heteroatoms. The zero-order chi connectivity index (χ0) is 13.5. The number of carbonyl (C=O) groups is 1.